The summed E-state index contributed by atoms with van der Waals surface area (Å²) in [5, 5.41) is 0.948. The van der Waals surface area contributed by atoms with Crippen LogP contribution in [0.3, 0.4) is 0 Å². The summed E-state index contributed by atoms with van der Waals surface area (Å²) in [4.78, 5) is 24.2. The van der Waals surface area contributed by atoms with Gasteiger partial charge in [-0.3, -0.25) is 14.1 Å². The molecule has 0 amide bonds. The Labute approximate surface area is 204 Å². The average Bonchev–Trinajstić information content (AvgIpc) is 3.13. The number of rotatable bonds is 7. The zero-order valence-corrected chi connectivity index (χ0v) is 20.6. The van der Waals surface area contributed by atoms with E-state index in [2.05, 4.69) is 20.9 Å². The van der Waals surface area contributed by atoms with Crippen molar-refractivity contribution in [2.45, 2.75) is 45.3 Å². The Balaban J connectivity index is 1.32. The van der Waals surface area contributed by atoms with E-state index in [1.165, 1.54) is 0 Å². The number of halogens is 1. The number of piperidine rings is 1. The molecule has 0 radical (unpaired) electrons. The fraction of sp³-hybridized carbons (Fsp3) is 0.444. The van der Waals surface area contributed by atoms with Crippen LogP contribution in [0.4, 0.5) is 4.39 Å². The van der Waals surface area contributed by atoms with E-state index in [-0.39, 0.29) is 11.7 Å². The van der Waals surface area contributed by atoms with E-state index in [0.29, 0.717) is 25.3 Å². The lowest BCUT2D eigenvalue weighted by molar-refractivity contribution is 0.142. The van der Waals surface area contributed by atoms with Crippen molar-refractivity contribution < 1.29 is 9.13 Å². The molecule has 35 heavy (non-hydrogen) atoms. The van der Waals surface area contributed by atoms with Crippen molar-refractivity contribution in [1.29, 1.82) is 0 Å². The van der Waals surface area contributed by atoms with Crippen LogP contribution in [-0.4, -0.2) is 56.4 Å². The van der Waals surface area contributed by atoms with Crippen LogP contribution >= 0.6 is 0 Å². The third-order valence-electron chi connectivity index (χ3n) is 6.89. The van der Waals surface area contributed by atoms with E-state index in [1.807, 2.05) is 48.9 Å². The molecule has 0 saturated carbocycles. The molecule has 4 heterocycles. The molecule has 0 spiro atoms. The van der Waals surface area contributed by atoms with Gasteiger partial charge in [0.15, 0.2) is 0 Å². The normalized spacial score (nSPS) is 15.5. The standard InChI is InChI=1S/C27H32FN5O2/c1-18(2)33-26-22-15-19(5-7-23(22)29-17-24(26)31(3)27(33)34)20-6-8-25(30-16-20)35-14-4-11-32-12-9-21(28)10-13-32/h5-8,15-18,21H,4,9-14H2,1-3H3. The number of fused-ring (bicyclic) bond motifs is 3. The van der Waals surface area contributed by atoms with Crippen LogP contribution in [0, 0.1) is 0 Å². The highest BCUT2D eigenvalue weighted by Gasteiger charge is 2.18. The summed E-state index contributed by atoms with van der Waals surface area (Å²) in [5.74, 6) is 0.595. The first-order chi connectivity index (χ1) is 16.9. The van der Waals surface area contributed by atoms with E-state index >= 15 is 0 Å². The molecule has 3 aromatic heterocycles. The largest absolute Gasteiger partial charge is 0.478 e. The van der Waals surface area contributed by atoms with Crippen LogP contribution in [-0.2, 0) is 7.05 Å². The number of pyridine rings is 2. The summed E-state index contributed by atoms with van der Waals surface area (Å²) in [5.41, 5.74) is 4.52. The van der Waals surface area contributed by atoms with Crippen LogP contribution in [0.1, 0.15) is 39.2 Å². The van der Waals surface area contributed by atoms with Crippen LogP contribution in [0.25, 0.3) is 33.1 Å². The van der Waals surface area contributed by atoms with Crippen LogP contribution < -0.4 is 10.4 Å². The van der Waals surface area contributed by atoms with Crippen LogP contribution in [0.5, 0.6) is 5.88 Å². The zero-order chi connectivity index (χ0) is 24.5. The summed E-state index contributed by atoms with van der Waals surface area (Å²) in [7, 11) is 1.79. The molecule has 1 fully saturated rings. The monoisotopic (exact) mass is 477 g/mol. The van der Waals surface area contributed by atoms with E-state index in [9.17, 15) is 9.18 Å². The number of nitrogens with zero attached hydrogens (tertiary/aromatic N) is 5. The summed E-state index contributed by atoms with van der Waals surface area (Å²) < 4.78 is 22.6. The fourth-order valence-corrected chi connectivity index (χ4v) is 4.91. The summed E-state index contributed by atoms with van der Waals surface area (Å²) in [6, 6.07) is 10.0. The van der Waals surface area contributed by atoms with Crippen LogP contribution in [0.15, 0.2) is 47.5 Å². The lowest BCUT2D eigenvalue weighted by Gasteiger charge is -2.28. The molecule has 1 aromatic carbocycles. The van der Waals surface area contributed by atoms with Crippen molar-refractivity contribution in [2.24, 2.45) is 7.05 Å². The average molecular weight is 478 g/mol. The van der Waals surface area contributed by atoms with Crippen molar-refractivity contribution in [3.8, 4) is 17.0 Å². The summed E-state index contributed by atoms with van der Waals surface area (Å²) in [6.07, 6.45) is 5.12. The molecule has 0 N–H and O–H groups in total. The molecule has 0 atom stereocenters. The Morgan fingerprint density at radius 1 is 1.09 bits per heavy atom. The number of hydrogen-bond donors (Lipinski definition) is 0. The molecule has 7 nitrogen and oxygen atoms in total. The van der Waals surface area contributed by atoms with E-state index in [4.69, 9.17) is 4.74 Å². The first-order valence-corrected chi connectivity index (χ1v) is 12.4. The maximum Gasteiger partial charge on any atom is 0.329 e. The van der Waals surface area contributed by atoms with E-state index in [1.54, 1.807) is 17.8 Å². The fourth-order valence-electron chi connectivity index (χ4n) is 4.91. The number of likely N-dealkylation sites (tertiary alicyclic amines) is 1. The minimum Gasteiger partial charge on any atom is -0.478 e. The molecule has 184 valence electrons. The number of benzene rings is 1. The first-order valence-electron chi connectivity index (χ1n) is 12.4. The molecule has 1 aliphatic heterocycles. The van der Waals surface area contributed by atoms with E-state index in [0.717, 1.165) is 59.1 Å². The molecule has 0 aliphatic carbocycles. The third kappa shape index (κ3) is 4.67. The van der Waals surface area contributed by atoms with Crippen molar-refractivity contribution >= 4 is 21.9 Å². The van der Waals surface area contributed by atoms with Crippen LogP contribution in [0.2, 0.25) is 0 Å². The number of alkyl halides is 1. The quantitative estimate of drug-likeness (QED) is 0.360. The third-order valence-corrected chi connectivity index (χ3v) is 6.89. The van der Waals surface area contributed by atoms with Gasteiger partial charge in [-0.15, -0.1) is 0 Å². The van der Waals surface area contributed by atoms with Crippen molar-refractivity contribution in [3.05, 3.63) is 53.2 Å². The topological polar surface area (TPSA) is 65.2 Å². The Bertz CT molecular complexity index is 1380. The molecule has 0 unspecified atom stereocenters. The number of ether oxygens (including phenoxy) is 1. The lowest BCUT2D eigenvalue weighted by Crippen LogP contribution is -2.35. The zero-order valence-electron chi connectivity index (χ0n) is 20.6. The van der Waals surface area contributed by atoms with Gasteiger partial charge in [-0.25, -0.2) is 14.2 Å². The smallest absolute Gasteiger partial charge is 0.329 e. The molecular weight excluding hydrogens is 445 g/mol. The Morgan fingerprint density at radius 2 is 1.86 bits per heavy atom. The molecule has 1 aliphatic rings. The van der Waals surface area contributed by atoms with Gasteiger partial charge >= 0.3 is 5.69 Å². The Kier molecular flexibility index (Phi) is 6.56. The number of aryl methyl sites for hydroxylation is 1. The Morgan fingerprint density at radius 3 is 2.57 bits per heavy atom. The van der Waals surface area contributed by atoms with Gasteiger partial charge in [0.05, 0.1) is 29.4 Å². The lowest BCUT2D eigenvalue weighted by atomic mass is 10.0. The predicted octanol–water partition coefficient (Wildman–Crippen LogP) is 4.73. The molecule has 4 aromatic rings. The Hall–Kier alpha value is -3.26. The van der Waals surface area contributed by atoms with Gasteiger partial charge in [-0.05, 0) is 56.9 Å². The predicted molar refractivity (Wildman–Crippen MR) is 137 cm³/mol. The van der Waals surface area contributed by atoms with Gasteiger partial charge in [-0.2, -0.15) is 0 Å². The van der Waals surface area contributed by atoms with Gasteiger partial charge in [-0.1, -0.05) is 6.07 Å². The molecule has 5 rings (SSSR count). The second kappa shape index (κ2) is 9.77. The highest BCUT2D eigenvalue weighted by Crippen LogP contribution is 2.30. The van der Waals surface area contributed by atoms with Crippen molar-refractivity contribution in [3.63, 3.8) is 0 Å². The van der Waals surface area contributed by atoms with Gasteiger partial charge in [0, 0.05) is 55.9 Å². The molecule has 0 bridgehead atoms. The minimum absolute atomic E-state index is 0.0362. The maximum atomic E-state index is 13.3. The minimum atomic E-state index is -0.636. The summed E-state index contributed by atoms with van der Waals surface area (Å²) >= 11 is 0. The van der Waals surface area contributed by atoms with Gasteiger partial charge in [0.2, 0.25) is 5.88 Å². The van der Waals surface area contributed by atoms with Gasteiger partial charge < -0.3 is 9.64 Å². The molecular formula is C27H32FN5O2. The number of aromatic nitrogens is 4. The highest BCUT2D eigenvalue weighted by atomic mass is 19.1. The summed E-state index contributed by atoms with van der Waals surface area (Å²) in [6.45, 7) is 7.21. The highest BCUT2D eigenvalue weighted by molar-refractivity contribution is 6.04. The van der Waals surface area contributed by atoms with Gasteiger partial charge in [0.25, 0.3) is 0 Å². The van der Waals surface area contributed by atoms with E-state index < -0.39 is 6.17 Å². The second-order valence-corrected chi connectivity index (χ2v) is 9.63. The van der Waals surface area contributed by atoms with Crippen molar-refractivity contribution in [1.82, 2.24) is 24.0 Å². The SMILES string of the molecule is CC(C)n1c(=O)n(C)c2cnc3ccc(-c4ccc(OCCCN5CCC(F)CC5)nc4)cc3c21. The second-order valence-electron chi connectivity index (χ2n) is 9.63. The maximum absolute atomic E-state index is 13.3. The van der Waals surface area contributed by atoms with Gasteiger partial charge in [0.1, 0.15) is 6.17 Å². The van der Waals surface area contributed by atoms with Crippen molar-refractivity contribution in [2.75, 3.05) is 26.2 Å². The number of hydrogen-bond acceptors (Lipinski definition) is 5. The number of imidazole rings is 1. The first kappa shape index (κ1) is 23.5. The molecule has 8 heteroatoms. The molecule has 1 saturated heterocycles.